The SMILES string of the molecule is CCCC[C@H](CC)/C(=N/O)[C@H](O)[C@H](CC)CCCC. The van der Waals surface area contributed by atoms with Gasteiger partial charge in [-0.05, 0) is 25.2 Å². The molecule has 0 aliphatic carbocycles. The number of aliphatic hydroxyl groups excluding tert-OH is 1. The van der Waals surface area contributed by atoms with Gasteiger partial charge in [-0.2, -0.15) is 0 Å². The van der Waals surface area contributed by atoms with Crippen LogP contribution in [0.4, 0.5) is 0 Å². The summed E-state index contributed by atoms with van der Waals surface area (Å²) in [5.74, 6) is 0.442. The average molecular weight is 271 g/mol. The van der Waals surface area contributed by atoms with Crippen LogP contribution >= 0.6 is 0 Å². The monoisotopic (exact) mass is 271 g/mol. The zero-order valence-corrected chi connectivity index (χ0v) is 13.2. The van der Waals surface area contributed by atoms with Crippen molar-refractivity contribution < 1.29 is 10.3 Å². The van der Waals surface area contributed by atoms with E-state index in [0.717, 1.165) is 51.4 Å². The number of aliphatic hydroxyl groups is 1. The maximum atomic E-state index is 10.5. The largest absolute Gasteiger partial charge is 0.411 e. The minimum atomic E-state index is -0.580. The molecule has 0 aliphatic heterocycles. The molecule has 3 nitrogen and oxygen atoms in total. The summed E-state index contributed by atoms with van der Waals surface area (Å²) in [6, 6.07) is 0. The van der Waals surface area contributed by atoms with Gasteiger partial charge in [0.15, 0.2) is 0 Å². The Balaban J connectivity index is 4.69. The van der Waals surface area contributed by atoms with Crippen LogP contribution < -0.4 is 0 Å². The van der Waals surface area contributed by atoms with E-state index < -0.39 is 6.10 Å². The molecule has 0 spiro atoms. The van der Waals surface area contributed by atoms with Crippen molar-refractivity contribution >= 4 is 5.71 Å². The van der Waals surface area contributed by atoms with Gasteiger partial charge in [0.2, 0.25) is 0 Å². The molecule has 0 heterocycles. The highest BCUT2D eigenvalue weighted by Gasteiger charge is 2.27. The van der Waals surface area contributed by atoms with Crippen molar-refractivity contribution in [1.82, 2.24) is 0 Å². The van der Waals surface area contributed by atoms with Crippen LogP contribution in [-0.4, -0.2) is 22.1 Å². The first-order chi connectivity index (χ1) is 9.15. The second kappa shape index (κ2) is 11.3. The predicted octanol–water partition coefficient (Wildman–Crippen LogP) is 4.61. The number of nitrogens with zero attached hydrogens (tertiary/aromatic N) is 1. The Labute approximate surface area is 119 Å². The molecule has 0 bridgehead atoms. The van der Waals surface area contributed by atoms with Gasteiger partial charge >= 0.3 is 0 Å². The molecule has 2 N–H and O–H groups in total. The first-order valence-electron chi connectivity index (χ1n) is 8.05. The van der Waals surface area contributed by atoms with E-state index in [-0.39, 0.29) is 11.8 Å². The maximum Gasteiger partial charge on any atom is 0.0984 e. The molecule has 0 unspecified atom stereocenters. The van der Waals surface area contributed by atoms with Gasteiger partial charge in [0.1, 0.15) is 0 Å². The Morgan fingerprint density at radius 1 is 0.947 bits per heavy atom. The molecular formula is C16H33NO2. The van der Waals surface area contributed by atoms with E-state index in [1.54, 1.807) is 0 Å². The highest BCUT2D eigenvalue weighted by Crippen LogP contribution is 2.24. The summed E-state index contributed by atoms with van der Waals surface area (Å²) < 4.78 is 0. The zero-order valence-electron chi connectivity index (χ0n) is 13.2. The van der Waals surface area contributed by atoms with E-state index in [1.165, 1.54) is 0 Å². The molecule has 3 heteroatoms. The van der Waals surface area contributed by atoms with Gasteiger partial charge in [-0.25, -0.2) is 0 Å². The summed E-state index contributed by atoms with van der Waals surface area (Å²) in [4.78, 5) is 0. The van der Waals surface area contributed by atoms with Gasteiger partial charge in [-0.1, -0.05) is 65.0 Å². The van der Waals surface area contributed by atoms with Crippen LogP contribution in [0.15, 0.2) is 5.16 Å². The van der Waals surface area contributed by atoms with Crippen LogP contribution in [0.25, 0.3) is 0 Å². The third kappa shape index (κ3) is 6.42. The minimum absolute atomic E-state index is 0.218. The molecule has 0 aromatic carbocycles. The van der Waals surface area contributed by atoms with E-state index in [9.17, 15) is 10.3 Å². The van der Waals surface area contributed by atoms with Crippen LogP contribution in [0.5, 0.6) is 0 Å². The van der Waals surface area contributed by atoms with E-state index in [0.29, 0.717) is 5.71 Å². The topological polar surface area (TPSA) is 52.8 Å². The fraction of sp³-hybridized carbons (Fsp3) is 0.938. The predicted molar refractivity (Wildman–Crippen MR) is 81.8 cm³/mol. The van der Waals surface area contributed by atoms with E-state index in [2.05, 4.69) is 32.9 Å². The van der Waals surface area contributed by atoms with Gasteiger partial charge < -0.3 is 10.3 Å². The van der Waals surface area contributed by atoms with Gasteiger partial charge in [0.05, 0.1) is 11.8 Å². The summed E-state index contributed by atoms with van der Waals surface area (Å²) in [5, 5.41) is 23.3. The van der Waals surface area contributed by atoms with Gasteiger partial charge in [-0.15, -0.1) is 0 Å². The standard InChI is InChI=1S/C16H33NO2/c1-5-9-11-13(7-3)15(17-19)16(18)14(8-4)12-10-6-2/h13-14,16,18-19H,5-12H2,1-4H3/b17-15-/t13-,14+,16+/m0/s1. The number of unbranched alkanes of at least 4 members (excludes halogenated alkanes) is 2. The lowest BCUT2D eigenvalue weighted by molar-refractivity contribution is 0.146. The minimum Gasteiger partial charge on any atom is -0.411 e. The zero-order chi connectivity index (χ0) is 14.7. The van der Waals surface area contributed by atoms with Gasteiger partial charge in [-0.3, -0.25) is 0 Å². The van der Waals surface area contributed by atoms with Crippen molar-refractivity contribution in [3.05, 3.63) is 0 Å². The molecule has 114 valence electrons. The lowest BCUT2D eigenvalue weighted by Gasteiger charge is -2.26. The second-order valence-corrected chi connectivity index (χ2v) is 5.53. The Kier molecular flexibility index (Phi) is 10.9. The normalized spacial score (nSPS) is 17.2. The van der Waals surface area contributed by atoms with Crippen molar-refractivity contribution in [2.45, 2.75) is 85.2 Å². The number of hydrogen-bond acceptors (Lipinski definition) is 3. The van der Waals surface area contributed by atoms with Crippen LogP contribution in [-0.2, 0) is 0 Å². The van der Waals surface area contributed by atoms with Crippen molar-refractivity contribution in [2.24, 2.45) is 17.0 Å². The quantitative estimate of drug-likeness (QED) is 0.327. The molecule has 19 heavy (non-hydrogen) atoms. The third-order valence-electron chi connectivity index (χ3n) is 4.14. The van der Waals surface area contributed by atoms with Crippen LogP contribution in [0.1, 0.15) is 79.1 Å². The summed E-state index contributed by atoms with van der Waals surface area (Å²) in [7, 11) is 0. The Hall–Kier alpha value is -0.570. The van der Waals surface area contributed by atoms with E-state index in [1.807, 2.05) is 0 Å². The lowest BCUT2D eigenvalue weighted by Crippen LogP contribution is -2.34. The molecular weight excluding hydrogens is 238 g/mol. The molecule has 0 fully saturated rings. The number of hydrogen-bond donors (Lipinski definition) is 2. The van der Waals surface area contributed by atoms with Crippen molar-refractivity contribution in [3.8, 4) is 0 Å². The Bertz CT molecular complexity index is 241. The van der Waals surface area contributed by atoms with Gasteiger partial charge in [0.25, 0.3) is 0 Å². The highest BCUT2D eigenvalue weighted by molar-refractivity contribution is 5.90. The summed E-state index contributed by atoms with van der Waals surface area (Å²) >= 11 is 0. The van der Waals surface area contributed by atoms with E-state index >= 15 is 0 Å². The molecule has 0 rings (SSSR count). The van der Waals surface area contributed by atoms with Crippen LogP contribution in [0, 0.1) is 11.8 Å². The van der Waals surface area contributed by atoms with Crippen molar-refractivity contribution in [3.63, 3.8) is 0 Å². The van der Waals surface area contributed by atoms with Crippen molar-refractivity contribution in [1.29, 1.82) is 0 Å². The molecule has 0 aliphatic rings. The maximum absolute atomic E-state index is 10.5. The number of rotatable bonds is 11. The highest BCUT2D eigenvalue weighted by atomic mass is 16.4. The fourth-order valence-electron chi connectivity index (χ4n) is 2.69. The third-order valence-corrected chi connectivity index (χ3v) is 4.14. The second-order valence-electron chi connectivity index (χ2n) is 5.53. The molecule has 0 saturated heterocycles. The molecule has 0 saturated carbocycles. The molecule has 0 amide bonds. The molecule has 0 aromatic heterocycles. The van der Waals surface area contributed by atoms with Crippen molar-refractivity contribution in [2.75, 3.05) is 0 Å². The molecule has 3 atom stereocenters. The summed E-state index contributed by atoms with van der Waals surface area (Å²) in [6.07, 6.45) is 7.83. The van der Waals surface area contributed by atoms with Crippen LogP contribution in [0.3, 0.4) is 0 Å². The lowest BCUT2D eigenvalue weighted by atomic mass is 9.83. The molecule has 0 aromatic rings. The fourth-order valence-corrected chi connectivity index (χ4v) is 2.69. The first-order valence-corrected chi connectivity index (χ1v) is 8.05. The van der Waals surface area contributed by atoms with Gasteiger partial charge in [0, 0.05) is 5.92 Å². The number of oxime groups is 1. The Morgan fingerprint density at radius 2 is 1.53 bits per heavy atom. The summed E-state index contributed by atoms with van der Waals surface area (Å²) in [5.41, 5.74) is 0.610. The average Bonchev–Trinajstić information content (AvgIpc) is 2.44. The summed E-state index contributed by atoms with van der Waals surface area (Å²) in [6.45, 7) is 8.53. The van der Waals surface area contributed by atoms with E-state index in [4.69, 9.17) is 0 Å². The smallest absolute Gasteiger partial charge is 0.0984 e. The first kappa shape index (κ1) is 18.4. The molecule has 0 radical (unpaired) electrons. The van der Waals surface area contributed by atoms with Crippen LogP contribution in [0.2, 0.25) is 0 Å². The Morgan fingerprint density at radius 3 is 1.95 bits per heavy atom.